The van der Waals surface area contributed by atoms with Crippen molar-refractivity contribution in [3.63, 3.8) is 0 Å². The number of likely N-dealkylation sites (N-methyl/N-ethyl adjacent to an activating group) is 1. The number of hydrogen-bond donors (Lipinski definition) is 3. The van der Waals surface area contributed by atoms with Gasteiger partial charge >= 0.3 is 0 Å². The van der Waals surface area contributed by atoms with E-state index in [9.17, 15) is 0 Å². The number of hydrogen-bond acceptors (Lipinski definition) is 4. The van der Waals surface area contributed by atoms with E-state index in [0.717, 1.165) is 38.3 Å². The van der Waals surface area contributed by atoms with Gasteiger partial charge in [0.1, 0.15) is 5.75 Å². The van der Waals surface area contributed by atoms with Crippen LogP contribution in [0.2, 0.25) is 0 Å². The summed E-state index contributed by atoms with van der Waals surface area (Å²) in [6.45, 7) is 7.23. The largest absolute Gasteiger partial charge is 0.493 e. The SMILES string of the molecule is CCCCCCCOc1ccccc1C1CC(CNCC)NN1. The molecule has 2 unspecified atom stereocenters. The summed E-state index contributed by atoms with van der Waals surface area (Å²) in [7, 11) is 0. The van der Waals surface area contributed by atoms with Gasteiger partial charge in [0.2, 0.25) is 0 Å². The molecule has 2 atom stereocenters. The van der Waals surface area contributed by atoms with E-state index in [0.29, 0.717) is 12.1 Å². The fraction of sp³-hybridized carbons (Fsp3) is 0.684. The topological polar surface area (TPSA) is 45.3 Å². The summed E-state index contributed by atoms with van der Waals surface area (Å²) in [5, 5.41) is 3.40. The Hall–Kier alpha value is -1.10. The highest BCUT2D eigenvalue weighted by Crippen LogP contribution is 2.30. The standard InChI is InChI=1S/C19H33N3O/c1-3-5-6-7-10-13-23-19-12-9-8-11-17(19)18-14-16(21-22-18)15-20-4-2/h8-9,11-12,16,18,20-22H,3-7,10,13-15H2,1-2H3. The molecule has 1 aromatic rings. The molecule has 0 spiro atoms. The first-order valence-electron chi connectivity index (χ1n) is 9.28. The molecule has 0 amide bonds. The van der Waals surface area contributed by atoms with Crippen molar-refractivity contribution in [2.75, 3.05) is 19.7 Å². The number of hydrazine groups is 1. The summed E-state index contributed by atoms with van der Waals surface area (Å²) in [5.41, 5.74) is 8.08. The van der Waals surface area contributed by atoms with Gasteiger partial charge in [-0.3, -0.25) is 5.43 Å². The number of ether oxygens (including phenoxy) is 1. The van der Waals surface area contributed by atoms with Gasteiger partial charge < -0.3 is 10.1 Å². The molecule has 1 aliphatic rings. The molecule has 3 N–H and O–H groups in total. The molecule has 1 aliphatic heterocycles. The predicted molar refractivity (Wildman–Crippen MR) is 96.7 cm³/mol. The van der Waals surface area contributed by atoms with E-state index in [4.69, 9.17) is 4.74 Å². The molecule has 23 heavy (non-hydrogen) atoms. The van der Waals surface area contributed by atoms with Crippen molar-refractivity contribution < 1.29 is 4.74 Å². The van der Waals surface area contributed by atoms with Crippen molar-refractivity contribution >= 4 is 0 Å². The Labute approximate surface area is 141 Å². The Bertz CT molecular complexity index is 438. The lowest BCUT2D eigenvalue weighted by Gasteiger charge is -2.16. The lowest BCUT2D eigenvalue weighted by atomic mass is 10.0. The average Bonchev–Trinajstić information content (AvgIpc) is 3.05. The first-order chi connectivity index (χ1) is 11.3. The molecule has 0 saturated carbocycles. The molecule has 4 nitrogen and oxygen atoms in total. The molecule has 1 fully saturated rings. The average molecular weight is 319 g/mol. The highest BCUT2D eigenvalue weighted by atomic mass is 16.5. The van der Waals surface area contributed by atoms with E-state index < -0.39 is 0 Å². The molecular formula is C19H33N3O. The van der Waals surface area contributed by atoms with Crippen LogP contribution in [0.5, 0.6) is 5.75 Å². The maximum absolute atomic E-state index is 6.06. The van der Waals surface area contributed by atoms with E-state index in [1.165, 1.54) is 31.2 Å². The van der Waals surface area contributed by atoms with Crippen LogP contribution < -0.4 is 20.9 Å². The summed E-state index contributed by atoms with van der Waals surface area (Å²) >= 11 is 0. The van der Waals surface area contributed by atoms with Gasteiger partial charge in [-0.15, -0.1) is 0 Å². The summed E-state index contributed by atoms with van der Waals surface area (Å²) in [6, 6.07) is 9.25. The molecule has 0 aromatic heterocycles. The predicted octanol–water partition coefficient (Wildman–Crippen LogP) is 3.55. The molecule has 1 heterocycles. The molecule has 0 aliphatic carbocycles. The molecule has 0 radical (unpaired) electrons. The van der Waals surface area contributed by atoms with Crippen molar-refractivity contribution in [3.05, 3.63) is 29.8 Å². The summed E-state index contributed by atoms with van der Waals surface area (Å²) < 4.78 is 6.06. The van der Waals surface area contributed by atoms with Crippen LogP contribution in [0.3, 0.4) is 0 Å². The van der Waals surface area contributed by atoms with Crippen molar-refractivity contribution in [3.8, 4) is 5.75 Å². The molecule has 1 aromatic carbocycles. The Kier molecular flexibility index (Phi) is 8.43. The van der Waals surface area contributed by atoms with E-state index in [-0.39, 0.29) is 0 Å². The second-order valence-electron chi connectivity index (χ2n) is 6.38. The van der Waals surface area contributed by atoms with Crippen LogP contribution in [-0.2, 0) is 0 Å². The third kappa shape index (κ3) is 6.13. The third-order valence-corrected chi connectivity index (χ3v) is 4.42. The molecule has 130 valence electrons. The molecule has 1 saturated heterocycles. The normalized spacial score (nSPS) is 20.8. The van der Waals surface area contributed by atoms with Crippen LogP contribution in [-0.4, -0.2) is 25.7 Å². The highest BCUT2D eigenvalue weighted by molar-refractivity contribution is 5.36. The molecule has 0 bridgehead atoms. The number of nitrogens with one attached hydrogen (secondary N) is 3. The van der Waals surface area contributed by atoms with Gasteiger partial charge in [-0.2, -0.15) is 0 Å². The van der Waals surface area contributed by atoms with Gasteiger partial charge in [-0.1, -0.05) is 57.7 Å². The maximum Gasteiger partial charge on any atom is 0.124 e. The second kappa shape index (κ2) is 10.6. The summed E-state index contributed by atoms with van der Waals surface area (Å²) in [4.78, 5) is 0. The van der Waals surface area contributed by atoms with Gasteiger partial charge in [-0.25, -0.2) is 5.43 Å². The Morgan fingerprint density at radius 3 is 2.74 bits per heavy atom. The van der Waals surface area contributed by atoms with Crippen LogP contribution in [0.15, 0.2) is 24.3 Å². The van der Waals surface area contributed by atoms with Gasteiger partial charge in [0.15, 0.2) is 0 Å². The molecular weight excluding hydrogens is 286 g/mol. The first kappa shape index (κ1) is 18.2. The van der Waals surface area contributed by atoms with E-state index >= 15 is 0 Å². The van der Waals surface area contributed by atoms with Crippen LogP contribution in [0.25, 0.3) is 0 Å². The maximum atomic E-state index is 6.06. The minimum atomic E-state index is 0.329. The van der Waals surface area contributed by atoms with Crippen LogP contribution in [0.4, 0.5) is 0 Å². The number of para-hydroxylation sites is 1. The van der Waals surface area contributed by atoms with Crippen molar-refractivity contribution in [1.82, 2.24) is 16.2 Å². The molecule has 4 heteroatoms. The van der Waals surface area contributed by atoms with Crippen LogP contribution in [0.1, 0.15) is 64.0 Å². The quantitative estimate of drug-likeness (QED) is 0.546. The zero-order valence-electron chi connectivity index (χ0n) is 14.7. The fourth-order valence-electron chi connectivity index (χ4n) is 3.07. The minimum absolute atomic E-state index is 0.329. The number of benzene rings is 1. The Morgan fingerprint density at radius 2 is 1.91 bits per heavy atom. The highest BCUT2D eigenvalue weighted by Gasteiger charge is 2.26. The summed E-state index contributed by atoms with van der Waals surface area (Å²) in [6.07, 6.45) is 7.45. The molecule has 2 rings (SSSR count). The number of rotatable bonds is 11. The third-order valence-electron chi connectivity index (χ3n) is 4.42. The fourth-order valence-corrected chi connectivity index (χ4v) is 3.07. The van der Waals surface area contributed by atoms with Gasteiger partial charge in [0.25, 0.3) is 0 Å². The van der Waals surface area contributed by atoms with Crippen molar-refractivity contribution in [1.29, 1.82) is 0 Å². The smallest absolute Gasteiger partial charge is 0.124 e. The monoisotopic (exact) mass is 319 g/mol. The second-order valence-corrected chi connectivity index (χ2v) is 6.38. The van der Waals surface area contributed by atoms with Gasteiger partial charge in [0.05, 0.1) is 12.6 Å². The van der Waals surface area contributed by atoms with E-state index in [2.05, 4.69) is 54.3 Å². The van der Waals surface area contributed by atoms with Crippen molar-refractivity contribution in [2.45, 2.75) is 64.5 Å². The van der Waals surface area contributed by atoms with Gasteiger partial charge in [-0.05, 0) is 25.5 Å². The van der Waals surface area contributed by atoms with Crippen molar-refractivity contribution in [2.24, 2.45) is 0 Å². The Morgan fingerprint density at radius 1 is 1.09 bits per heavy atom. The lowest BCUT2D eigenvalue weighted by molar-refractivity contribution is 0.298. The van der Waals surface area contributed by atoms with E-state index in [1.54, 1.807) is 0 Å². The summed E-state index contributed by atoms with van der Waals surface area (Å²) in [5.74, 6) is 1.03. The van der Waals surface area contributed by atoms with E-state index in [1.807, 2.05) is 0 Å². The van der Waals surface area contributed by atoms with Gasteiger partial charge in [0, 0.05) is 18.2 Å². The minimum Gasteiger partial charge on any atom is -0.493 e. The first-order valence-corrected chi connectivity index (χ1v) is 9.28. The zero-order valence-corrected chi connectivity index (χ0v) is 14.7. The zero-order chi connectivity index (χ0) is 16.3. The number of unbranched alkanes of at least 4 members (excludes halogenated alkanes) is 4. The van der Waals surface area contributed by atoms with Crippen LogP contribution in [0, 0.1) is 0 Å². The van der Waals surface area contributed by atoms with Crippen LogP contribution >= 0.6 is 0 Å². The Balaban J connectivity index is 1.81. The lowest BCUT2D eigenvalue weighted by Crippen LogP contribution is -2.37.